The van der Waals surface area contributed by atoms with E-state index in [-0.39, 0.29) is 10.8 Å². The Balaban J connectivity index is 1.99. The van der Waals surface area contributed by atoms with Crippen LogP contribution in [0, 0.1) is 0 Å². The van der Waals surface area contributed by atoms with Gasteiger partial charge in [-0.1, -0.05) is 0 Å². The molecule has 0 fully saturated rings. The summed E-state index contributed by atoms with van der Waals surface area (Å²) in [5.74, 6) is -0.0287. The number of aromatic nitrogens is 1. The second kappa shape index (κ2) is 6.24. The molecule has 0 unspecified atom stereocenters. The van der Waals surface area contributed by atoms with E-state index in [2.05, 4.69) is 4.98 Å². The lowest BCUT2D eigenvalue weighted by molar-refractivity contribution is -0.116. The lowest BCUT2D eigenvalue weighted by atomic mass is 10.0. The van der Waals surface area contributed by atoms with Crippen LogP contribution in [-0.2, 0) is 21.2 Å². The lowest BCUT2D eigenvalue weighted by Crippen LogP contribution is -2.34. The zero-order valence-electron chi connectivity index (χ0n) is 13.6. The minimum atomic E-state index is -3.67. The van der Waals surface area contributed by atoms with Crippen LogP contribution in [0.2, 0.25) is 0 Å². The third kappa shape index (κ3) is 2.87. The molecule has 1 aromatic heterocycles. The second-order valence-electron chi connectivity index (χ2n) is 5.75. The maximum Gasteiger partial charge on any atom is 0.264 e. The highest BCUT2D eigenvalue weighted by Crippen LogP contribution is 2.31. The van der Waals surface area contributed by atoms with Crippen molar-refractivity contribution in [1.29, 1.82) is 0 Å². The molecule has 126 valence electrons. The zero-order valence-corrected chi connectivity index (χ0v) is 14.5. The Hall–Kier alpha value is -2.41. The molecular weight excluding hydrogens is 326 g/mol. The first-order valence-corrected chi connectivity index (χ1v) is 9.15. The number of rotatable bonds is 3. The number of pyridine rings is 1. The summed E-state index contributed by atoms with van der Waals surface area (Å²) in [7, 11) is -2.17. The SMILES string of the molecule is CC(=O)N1CCCc2cc(S(=O)(=O)N(C)c3cccnc3)ccc21. The molecule has 0 aliphatic carbocycles. The van der Waals surface area contributed by atoms with Gasteiger partial charge >= 0.3 is 0 Å². The maximum atomic E-state index is 12.9. The van der Waals surface area contributed by atoms with E-state index in [9.17, 15) is 13.2 Å². The zero-order chi connectivity index (χ0) is 17.3. The molecule has 0 radical (unpaired) electrons. The van der Waals surface area contributed by atoms with Crippen LogP contribution in [0.3, 0.4) is 0 Å². The van der Waals surface area contributed by atoms with E-state index in [1.807, 2.05) is 0 Å². The van der Waals surface area contributed by atoms with Gasteiger partial charge in [0.15, 0.2) is 0 Å². The van der Waals surface area contributed by atoms with Crippen LogP contribution in [-0.4, -0.2) is 32.9 Å². The number of fused-ring (bicyclic) bond motifs is 1. The number of amides is 1. The van der Waals surface area contributed by atoms with Crippen molar-refractivity contribution in [3.63, 3.8) is 0 Å². The Morgan fingerprint density at radius 3 is 2.75 bits per heavy atom. The number of carbonyl (C=O) groups is 1. The van der Waals surface area contributed by atoms with Gasteiger partial charge < -0.3 is 4.90 Å². The minimum Gasteiger partial charge on any atom is -0.312 e. The molecule has 1 amide bonds. The first-order valence-electron chi connectivity index (χ1n) is 7.71. The van der Waals surface area contributed by atoms with E-state index in [0.717, 1.165) is 24.1 Å². The van der Waals surface area contributed by atoms with Crippen molar-refractivity contribution in [3.8, 4) is 0 Å². The molecule has 0 spiro atoms. The molecule has 2 heterocycles. The van der Waals surface area contributed by atoms with Crippen LogP contribution < -0.4 is 9.21 Å². The average molecular weight is 345 g/mol. The molecule has 7 heteroatoms. The number of nitrogens with zero attached hydrogens (tertiary/aromatic N) is 3. The first-order chi connectivity index (χ1) is 11.4. The van der Waals surface area contributed by atoms with Crippen molar-refractivity contribution >= 4 is 27.3 Å². The summed E-state index contributed by atoms with van der Waals surface area (Å²) in [4.78, 5) is 17.6. The number of aryl methyl sites for hydroxylation is 1. The van der Waals surface area contributed by atoms with Gasteiger partial charge in [-0.2, -0.15) is 0 Å². The van der Waals surface area contributed by atoms with Gasteiger partial charge in [0.05, 0.1) is 16.8 Å². The summed E-state index contributed by atoms with van der Waals surface area (Å²) in [5.41, 5.74) is 2.19. The van der Waals surface area contributed by atoms with Crippen molar-refractivity contribution in [3.05, 3.63) is 48.3 Å². The summed E-state index contributed by atoms with van der Waals surface area (Å²) in [6.45, 7) is 2.19. The third-order valence-corrected chi connectivity index (χ3v) is 6.00. The number of anilines is 2. The van der Waals surface area contributed by atoms with Gasteiger partial charge in [-0.15, -0.1) is 0 Å². The second-order valence-corrected chi connectivity index (χ2v) is 7.72. The Kier molecular flexibility index (Phi) is 4.28. The average Bonchev–Trinajstić information content (AvgIpc) is 2.60. The van der Waals surface area contributed by atoms with Gasteiger partial charge in [-0.25, -0.2) is 8.42 Å². The lowest BCUT2D eigenvalue weighted by Gasteiger charge is -2.29. The van der Waals surface area contributed by atoms with Crippen molar-refractivity contribution in [2.24, 2.45) is 0 Å². The van der Waals surface area contributed by atoms with Crippen LogP contribution in [0.4, 0.5) is 11.4 Å². The first kappa shape index (κ1) is 16.4. The topological polar surface area (TPSA) is 70.6 Å². The molecule has 1 aromatic carbocycles. The predicted octanol–water partition coefficient (Wildman–Crippen LogP) is 2.21. The van der Waals surface area contributed by atoms with Crippen LogP contribution >= 0.6 is 0 Å². The van der Waals surface area contributed by atoms with Gasteiger partial charge in [0, 0.05) is 32.4 Å². The molecule has 3 rings (SSSR count). The number of hydrogen-bond donors (Lipinski definition) is 0. The largest absolute Gasteiger partial charge is 0.312 e. The van der Waals surface area contributed by atoms with Crippen LogP contribution in [0.1, 0.15) is 18.9 Å². The van der Waals surface area contributed by atoms with Crippen LogP contribution in [0.15, 0.2) is 47.6 Å². The van der Waals surface area contributed by atoms with E-state index in [1.54, 1.807) is 41.4 Å². The number of hydrogen-bond acceptors (Lipinski definition) is 4. The van der Waals surface area contributed by atoms with Gasteiger partial charge in [-0.05, 0) is 48.7 Å². The summed E-state index contributed by atoms with van der Waals surface area (Å²) in [5, 5.41) is 0. The standard InChI is InChI=1S/C17H19N3O3S/c1-13(21)20-10-4-5-14-11-16(7-8-17(14)20)24(22,23)19(2)15-6-3-9-18-12-15/h3,6-9,11-12H,4-5,10H2,1-2H3. The van der Waals surface area contributed by atoms with E-state index in [4.69, 9.17) is 0 Å². The monoisotopic (exact) mass is 345 g/mol. The fourth-order valence-electron chi connectivity index (χ4n) is 2.90. The fraction of sp³-hybridized carbons (Fsp3) is 0.294. The smallest absolute Gasteiger partial charge is 0.264 e. The van der Waals surface area contributed by atoms with Crippen molar-refractivity contribution in [2.45, 2.75) is 24.7 Å². The minimum absolute atomic E-state index is 0.0287. The summed E-state index contributed by atoms with van der Waals surface area (Å²) >= 11 is 0. The van der Waals surface area contributed by atoms with Gasteiger partial charge in [0.2, 0.25) is 5.91 Å². The van der Waals surface area contributed by atoms with Gasteiger partial charge in [-0.3, -0.25) is 14.1 Å². The summed E-state index contributed by atoms with van der Waals surface area (Å²) < 4.78 is 26.9. The van der Waals surface area contributed by atoms with Crippen molar-refractivity contribution in [2.75, 3.05) is 22.8 Å². The summed E-state index contributed by atoms with van der Waals surface area (Å²) in [6, 6.07) is 8.34. The Morgan fingerprint density at radius 1 is 1.29 bits per heavy atom. The molecule has 24 heavy (non-hydrogen) atoms. The van der Waals surface area contributed by atoms with Crippen molar-refractivity contribution in [1.82, 2.24) is 4.98 Å². The molecule has 6 nitrogen and oxygen atoms in total. The molecule has 1 aliphatic heterocycles. The Labute approximate surface area is 141 Å². The highest BCUT2D eigenvalue weighted by Gasteiger charge is 2.25. The van der Waals surface area contributed by atoms with E-state index in [0.29, 0.717) is 12.2 Å². The summed E-state index contributed by atoms with van der Waals surface area (Å²) in [6.07, 6.45) is 4.69. The quantitative estimate of drug-likeness (QED) is 0.855. The molecule has 2 aromatic rings. The molecule has 1 aliphatic rings. The number of carbonyl (C=O) groups excluding carboxylic acids is 1. The molecule has 0 saturated carbocycles. The molecule has 0 saturated heterocycles. The van der Waals surface area contributed by atoms with E-state index >= 15 is 0 Å². The third-order valence-electron chi connectivity index (χ3n) is 4.22. The van der Waals surface area contributed by atoms with Gasteiger partial charge in [0.1, 0.15) is 0 Å². The number of benzene rings is 1. The van der Waals surface area contributed by atoms with Crippen molar-refractivity contribution < 1.29 is 13.2 Å². The van der Waals surface area contributed by atoms with Crippen LogP contribution in [0.5, 0.6) is 0 Å². The molecule has 0 N–H and O–H groups in total. The fourth-order valence-corrected chi connectivity index (χ4v) is 4.13. The molecule has 0 bridgehead atoms. The van der Waals surface area contributed by atoms with Gasteiger partial charge in [0.25, 0.3) is 10.0 Å². The maximum absolute atomic E-state index is 12.9. The highest BCUT2D eigenvalue weighted by atomic mass is 32.2. The Bertz CT molecular complexity index is 866. The number of sulfonamides is 1. The normalized spacial score (nSPS) is 14.2. The Morgan fingerprint density at radius 2 is 2.08 bits per heavy atom. The highest BCUT2D eigenvalue weighted by molar-refractivity contribution is 7.92. The van der Waals surface area contributed by atoms with E-state index in [1.165, 1.54) is 24.5 Å². The molecular formula is C17H19N3O3S. The van der Waals surface area contributed by atoms with Crippen LogP contribution in [0.25, 0.3) is 0 Å². The van der Waals surface area contributed by atoms with E-state index < -0.39 is 10.0 Å². The predicted molar refractivity (Wildman–Crippen MR) is 92.6 cm³/mol. The molecule has 0 atom stereocenters.